The van der Waals surface area contributed by atoms with Crippen LogP contribution in [0.15, 0.2) is 59.7 Å². The molecule has 1 aliphatic rings. The molecule has 3 rings (SSSR count). The van der Waals surface area contributed by atoms with Crippen LogP contribution in [-0.4, -0.2) is 34.0 Å². The van der Waals surface area contributed by atoms with Crippen molar-refractivity contribution >= 4 is 17.5 Å². The van der Waals surface area contributed by atoms with E-state index in [0.29, 0.717) is 12.3 Å². The maximum atomic E-state index is 13.1. The van der Waals surface area contributed by atoms with Crippen LogP contribution in [0.2, 0.25) is 0 Å². The van der Waals surface area contributed by atoms with Gasteiger partial charge in [-0.1, -0.05) is 48.4 Å². The van der Waals surface area contributed by atoms with Gasteiger partial charge in [0.2, 0.25) is 5.91 Å². The molecule has 6 heteroatoms. The van der Waals surface area contributed by atoms with Crippen molar-refractivity contribution in [3.63, 3.8) is 0 Å². The van der Waals surface area contributed by atoms with Crippen molar-refractivity contribution in [1.82, 2.24) is 9.91 Å². The van der Waals surface area contributed by atoms with Crippen LogP contribution in [0, 0.1) is 18.2 Å². The lowest BCUT2D eigenvalue weighted by atomic mass is 10.1. The van der Waals surface area contributed by atoms with E-state index >= 15 is 0 Å². The van der Waals surface area contributed by atoms with Crippen LogP contribution in [0.3, 0.4) is 0 Å². The van der Waals surface area contributed by atoms with Gasteiger partial charge in [-0.15, -0.1) is 6.42 Å². The summed E-state index contributed by atoms with van der Waals surface area (Å²) in [6.07, 6.45) is 5.91. The van der Waals surface area contributed by atoms with E-state index < -0.39 is 0 Å². The number of halogens is 1. The van der Waals surface area contributed by atoms with Gasteiger partial charge in [0.05, 0.1) is 13.1 Å². The highest BCUT2D eigenvalue weighted by Gasteiger charge is 2.27. The Morgan fingerprint density at radius 3 is 2.50 bits per heavy atom. The van der Waals surface area contributed by atoms with Gasteiger partial charge < -0.3 is 4.90 Å². The van der Waals surface area contributed by atoms with Gasteiger partial charge in [-0.05, 0) is 23.3 Å². The summed E-state index contributed by atoms with van der Waals surface area (Å²) < 4.78 is 13.1. The van der Waals surface area contributed by atoms with Crippen LogP contribution in [0.5, 0.6) is 0 Å². The van der Waals surface area contributed by atoms with Crippen LogP contribution in [0.4, 0.5) is 4.39 Å². The minimum Gasteiger partial charge on any atom is -0.322 e. The van der Waals surface area contributed by atoms with Crippen molar-refractivity contribution in [1.29, 1.82) is 0 Å². The van der Waals surface area contributed by atoms with E-state index in [1.807, 2.05) is 30.3 Å². The molecular formula is C22H20FN3O2. The molecule has 0 aromatic heterocycles. The van der Waals surface area contributed by atoms with Gasteiger partial charge in [-0.3, -0.25) is 9.59 Å². The van der Waals surface area contributed by atoms with E-state index in [2.05, 4.69) is 11.0 Å². The third kappa shape index (κ3) is 4.83. The Morgan fingerprint density at radius 2 is 1.82 bits per heavy atom. The smallest absolute Gasteiger partial charge is 0.271 e. The van der Waals surface area contributed by atoms with Gasteiger partial charge in [-0.2, -0.15) is 5.10 Å². The molecule has 0 unspecified atom stereocenters. The van der Waals surface area contributed by atoms with Gasteiger partial charge >= 0.3 is 0 Å². The van der Waals surface area contributed by atoms with E-state index in [4.69, 9.17) is 6.42 Å². The molecule has 0 radical (unpaired) electrons. The number of hydrogen-bond donors (Lipinski definition) is 0. The molecule has 0 fully saturated rings. The first-order valence-electron chi connectivity index (χ1n) is 8.96. The van der Waals surface area contributed by atoms with Crippen molar-refractivity contribution in [2.24, 2.45) is 5.10 Å². The summed E-state index contributed by atoms with van der Waals surface area (Å²) in [4.78, 5) is 26.6. The van der Waals surface area contributed by atoms with Crippen molar-refractivity contribution in [2.45, 2.75) is 25.9 Å². The monoisotopic (exact) mass is 377 g/mol. The fourth-order valence-corrected chi connectivity index (χ4v) is 2.94. The van der Waals surface area contributed by atoms with Crippen molar-refractivity contribution in [3.05, 3.63) is 71.5 Å². The maximum Gasteiger partial charge on any atom is 0.271 e. The molecule has 0 spiro atoms. The SMILES string of the molecule is C#CCN(Cc1ccc(F)cc1)C(=O)C1=NN(Cc2ccccc2)C(=O)CC1. The maximum absolute atomic E-state index is 13.1. The Bertz CT molecular complexity index is 917. The number of hydrogen-bond acceptors (Lipinski definition) is 3. The Morgan fingerprint density at radius 1 is 1.11 bits per heavy atom. The van der Waals surface area contributed by atoms with E-state index in [0.717, 1.165) is 11.1 Å². The van der Waals surface area contributed by atoms with E-state index in [1.165, 1.54) is 22.0 Å². The number of carbonyl (C=O) groups excluding carboxylic acids is 2. The summed E-state index contributed by atoms with van der Waals surface area (Å²) in [6, 6.07) is 15.4. The molecule has 2 aromatic rings. The Balaban J connectivity index is 1.77. The molecule has 1 aliphatic heterocycles. The zero-order chi connectivity index (χ0) is 19.9. The molecule has 0 saturated heterocycles. The lowest BCUT2D eigenvalue weighted by molar-refractivity contribution is -0.132. The quantitative estimate of drug-likeness (QED) is 0.727. The topological polar surface area (TPSA) is 53.0 Å². The predicted octanol–water partition coefficient (Wildman–Crippen LogP) is 2.97. The van der Waals surface area contributed by atoms with Crippen LogP contribution >= 0.6 is 0 Å². The number of nitrogens with zero attached hydrogens (tertiary/aromatic N) is 3. The highest BCUT2D eigenvalue weighted by molar-refractivity contribution is 6.39. The van der Waals surface area contributed by atoms with Crippen molar-refractivity contribution in [3.8, 4) is 12.3 Å². The molecule has 0 bridgehead atoms. The van der Waals surface area contributed by atoms with E-state index in [-0.39, 0.29) is 43.6 Å². The van der Waals surface area contributed by atoms with E-state index in [9.17, 15) is 14.0 Å². The third-order valence-corrected chi connectivity index (χ3v) is 4.38. The third-order valence-electron chi connectivity index (χ3n) is 4.38. The van der Waals surface area contributed by atoms with Gasteiger partial charge in [0.15, 0.2) is 0 Å². The minimum absolute atomic E-state index is 0.0991. The number of hydrazone groups is 1. The molecule has 0 N–H and O–H groups in total. The predicted molar refractivity (Wildman–Crippen MR) is 104 cm³/mol. The minimum atomic E-state index is -0.342. The second-order valence-electron chi connectivity index (χ2n) is 6.48. The Kier molecular flexibility index (Phi) is 6.18. The molecule has 1 heterocycles. The lowest BCUT2D eigenvalue weighted by Crippen LogP contribution is -2.41. The number of benzene rings is 2. The first-order valence-corrected chi connectivity index (χ1v) is 8.96. The Labute approximate surface area is 163 Å². The highest BCUT2D eigenvalue weighted by Crippen LogP contribution is 2.16. The summed E-state index contributed by atoms with van der Waals surface area (Å²) in [5, 5.41) is 5.63. The number of carbonyl (C=O) groups is 2. The molecule has 28 heavy (non-hydrogen) atoms. The summed E-state index contributed by atoms with van der Waals surface area (Å²) >= 11 is 0. The van der Waals surface area contributed by atoms with Crippen LogP contribution in [0.25, 0.3) is 0 Å². The molecule has 142 valence electrons. The summed E-state index contributed by atoms with van der Waals surface area (Å²) in [5.41, 5.74) is 1.99. The number of terminal acetylenes is 1. The van der Waals surface area contributed by atoms with Crippen molar-refractivity contribution in [2.75, 3.05) is 6.54 Å². The Hall–Kier alpha value is -3.46. The number of rotatable bonds is 6. The molecule has 0 atom stereocenters. The molecule has 5 nitrogen and oxygen atoms in total. The zero-order valence-corrected chi connectivity index (χ0v) is 15.3. The highest BCUT2D eigenvalue weighted by atomic mass is 19.1. The van der Waals surface area contributed by atoms with Gasteiger partial charge in [0, 0.05) is 19.4 Å². The second kappa shape index (κ2) is 8.96. The van der Waals surface area contributed by atoms with Crippen LogP contribution in [0.1, 0.15) is 24.0 Å². The largest absolute Gasteiger partial charge is 0.322 e. The van der Waals surface area contributed by atoms with Gasteiger partial charge in [-0.25, -0.2) is 9.40 Å². The fraction of sp³-hybridized carbons (Fsp3) is 0.227. The lowest BCUT2D eigenvalue weighted by Gasteiger charge is -2.26. The standard InChI is InChI=1S/C22H20FN3O2/c1-2-14-25(15-18-8-10-19(23)11-9-18)22(28)20-12-13-21(27)26(24-20)16-17-6-4-3-5-7-17/h1,3-11H,12-16H2. The molecular weight excluding hydrogens is 357 g/mol. The summed E-state index contributed by atoms with van der Waals surface area (Å²) in [6.45, 7) is 0.653. The first kappa shape index (κ1) is 19.3. The van der Waals surface area contributed by atoms with Gasteiger partial charge in [0.1, 0.15) is 11.5 Å². The fourth-order valence-electron chi connectivity index (χ4n) is 2.94. The average molecular weight is 377 g/mol. The van der Waals surface area contributed by atoms with Crippen molar-refractivity contribution < 1.29 is 14.0 Å². The zero-order valence-electron chi connectivity index (χ0n) is 15.3. The summed E-state index contributed by atoms with van der Waals surface area (Å²) in [5.74, 6) is 1.70. The molecule has 0 saturated carbocycles. The molecule has 2 aromatic carbocycles. The number of amides is 2. The van der Waals surface area contributed by atoms with Gasteiger partial charge in [0.25, 0.3) is 5.91 Å². The molecule has 2 amide bonds. The average Bonchev–Trinajstić information content (AvgIpc) is 2.71. The van der Waals surface area contributed by atoms with E-state index in [1.54, 1.807) is 12.1 Å². The van der Waals surface area contributed by atoms with Crippen LogP contribution in [-0.2, 0) is 22.7 Å². The summed E-state index contributed by atoms with van der Waals surface area (Å²) in [7, 11) is 0. The first-order chi connectivity index (χ1) is 13.6. The van der Waals surface area contributed by atoms with Crippen LogP contribution < -0.4 is 0 Å². The second-order valence-corrected chi connectivity index (χ2v) is 6.48. The normalized spacial score (nSPS) is 13.6. The molecule has 0 aliphatic carbocycles.